The number of sulfonamides is 1. The van der Waals surface area contributed by atoms with E-state index in [-0.39, 0.29) is 16.7 Å². The van der Waals surface area contributed by atoms with E-state index in [0.29, 0.717) is 5.69 Å². The molecule has 0 unspecified atom stereocenters. The van der Waals surface area contributed by atoms with Crippen LogP contribution in [0.4, 0.5) is 5.69 Å². The van der Waals surface area contributed by atoms with Gasteiger partial charge in [-0.15, -0.1) is 0 Å². The highest BCUT2D eigenvalue weighted by Crippen LogP contribution is 2.27. The van der Waals surface area contributed by atoms with Crippen LogP contribution in [0, 0.1) is 0 Å². The zero-order valence-electron chi connectivity index (χ0n) is 16.2. The first kappa shape index (κ1) is 21.1. The van der Waals surface area contributed by atoms with Crippen molar-refractivity contribution in [2.75, 3.05) is 19.0 Å². The molecule has 1 aliphatic carbocycles. The van der Waals surface area contributed by atoms with Crippen LogP contribution in [0.1, 0.15) is 42.7 Å². The highest BCUT2D eigenvalue weighted by atomic mass is 32.2. The van der Waals surface area contributed by atoms with Crippen molar-refractivity contribution in [2.24, 2.45) is 0 Å². The lowest BCUT2D eigenvalue weighted by molar-refractivity contribution is -0.119. The van der Waals surface area contributed by atoms with Crippen LogP contribution in [-0.2, 0) is 19.6 Å². The number of anilines is 1. The molecule has 0 radical (unpaired) electrons. The van der Waals surface area contributed by atoms with Crippen molar-refractivity contribution in [2.45, 2.75) is 43.0 Å². The largest absolute Gasteiger partial charge is 0.457 e. The van der Waals surface area contributed by atoms with E-state index in [2.05, 4.69) is 5.32 Å². The Morgan fingerprint density at radius 2 is 1.83 bits per heavy atom. The Labute approximate surface area is 169 Å². The number of rotatable bonds is 7. The van der Waals surface area contributed by atoms with Gasteiger partial charge in [0.05, 0.1) is 11.2 Å². The van der Waals surface area contributed by atoms with Crippen molar-refractivity contribution < 1.29 is 27.2 Å². The molecule has 0 atom stereocenters. The van der Waals surface area contributed by atoms with Crippen LogP contribution in [0.2, 0.25) is 0 Å². The topological polar surface area (TPSA) is 106 Å². The number of carbonyl (C=O) groups excluding carboxylic acids is 2. The fourth-order valence-electron chi connectivity index (χ4n) is 3.31. The van der Waals surface area contributed by atoms with Crippen LogP contribution >= 0.6 is 0 Å². The monoisotopic (exact) mass is 420 g/mol. The van der Waals surface area contributed by atoms with E-state index >= 15 is 0 Å². The molecule has 1 aromatic carbocycles. The summed E-state index contributed by atoms with van der Waals surface area (Å²) in [5.41, 5.74) is 0.406. The Bertz CT molecular complexity index is 932. The van der Waals surface area contributed by atoms with Crippen LogP contribution in [0.3, 0.4) is 0 Å². The van der Waals surface area contributed by atoms with Gasteiger partial charge in [-0.2, -0.15) is 4.31 Å². The minimum absolute atomic E-state index is 0.00875. The normalized spacial score (nSPS) is 15.2. The molecule has 1 heterocycles. The molecule has 9 heteroatoms. The molecule has 1 aliphatic rings. The third-order valence-electron chi connectivity index (χ3n) is 4.96. The van der Waals surface area contributed by atoms with Gasteiger partial charge in [0.25, 0.3) is 5.91 Å². The minimum atomic E-state index is -3.59. The number of carbonyl (C=O) groups is 2. The van der Waals surface area contributed by atoms with Crippen molar-refractivity contribution in [3.63, 3.8) is 0 Å². The first-order valence-electron chi connectivity index (χ1n) is 9.46. The fourth-order valence-corrected chi connectivity index (χ4v) is 4.73. The van der Waals surface area contributed by atoms with Crippen molar-refractivity contribution in [1.82, 2.24) is 4.31 Å². The summed E-state index contributed by atoms with van der Waals surface area (Å²) in [6.07, 6.45) is 6.31. The number of nitrogens with zero attached hydrogens (tertiary/aromatic N) is 1. The maximum Gasteiger partial charge on any atom is 0.374 e. The minimum Gasteiger partial charge on any atom is -0.457 e. The second kappa shape index (κ2) is 9.23. The van der Waals surface area contributed by atoms with Crippen molar-refractivity contribution in [3.05, 3.63) is 48.4 Å². The first-order chi connectivity index (χ1) is 13.9. The number of amides is 1. The second-order valence-corrected chi connectivity index (χ2v) is 8.94. The Balaban J connectivity index is 1.56. The first-order valence-corrected chi connectivity index (χ1v) is 10.9. The molecule has 1 fully saturated rings. The number of furan rings is 1. The highest BCUT2D eigenvalue weighted by molar-refractivity contribution is 7.89. The Kier molecular flexibility index (Phi) is 6.71. The van der Waals surface area contributed by atoms with Crippen LogP contribution in [0.5, 0.6) is 0 Å². The zero-order chi connectivity index (χ0) is 20.9. The number of hydrogen-bond acceptors (Lipinski definition) is 6. The number of esters is 1. The van der Waals surface area contributed by atoms with Crippen LogP contribution in [0.25, 0.3) is 0 Å². The molecule has 0 saturated heterocycles. The lowest BCUT2D eigenvalue weighted by Crippen LogP contribution is -2.38. The average Bonchev–Trinajstić information content (AvgIpc) is 3.27. The summed E-state index contributed by atoms with van der Waals surface area (Å²) in [5.74, 6) is -1.27. The predicted octanol–water partition coefficient (Wildman–Crippen LogP) is 3.03. The number of hydrogen-bond donors (Lipinski definition) is 1. The number of ether oxygens (including phenoxy) is 1. The summed E-state index contributed by atoms with van der Waals surface area (Å²) in [6, 6.07) is 8.93. The third kappa shape index (κ3) is 5.24. The van der Waals surface area contributed by atoms with E-state index in [9.17, 15) is 18.0 Å². The SMILES string of the molecule is CN(C1CCCCC1)S(=O)(=O)c1ccc(NC(=O)COC(=O)c2ccco2)cc1. The maximum absolute atomic E-state index is 12.8. The van der Waals surface area contributed by atoms with Crippen molar-refractivity contribution >= 4 is 27.6 Å². The molecule has 1 aromatic heterocycles. The average molecular weight is 420 g/mol. The van der Waals surface area contributed by atoms with E-state index in [1.807, 2.05) is 0 Å². The molecule has 0 spiro atoms. The molecule has 3 rings (SSSR count). The summed E-state index contributed by atoms with van der Waals surface area (Å²) in [6.45, 7) is -0.482. The van der Waals surface area contributed by atoms with Crippen molar-refractivity contribution in [3.8, 4) is 0 Å². The van der Waals surface area contributed by atoms with Gasteiger partial charge < -0.3 is 14.5 Å². The van der Waals surface area contributed by atoms with E-state index in [1.54, 1.807) is 7.05 Å². The van der Waals surface area contributed by atoms with Crippen LogP contribution < -0.4 is 5.32 Å². The van der Waals surface area contributed by atoms with Gasteiger partial charge in [0, 0.05) is 18.8 Å². The molecule has 1 N–H and O–H groups in total. The number of nitrogens with one attached hydrogen (secondary N) is 1. The quantitative estimate of drug-likeness (QED) is 0.690. The van der Waals surface area contributed by atoms with Gasteiger partial charge in [-0.3, -0.25) is 4.79 Å². The van der Waals surface area contributed by atoms with Gasteiger partial charge in [0.2, 0.25) is 15.8 Å². The fraction of sp³-hybridized carbons (Fsp3) is 0.400. The van der Waals surface area contributed by atoms with E-state index < -0.39 is 28.5 Å². The standard InChI is InChI=1S/C20H24N2O6S/c1-22(16-6-3-2-4-7-16)29(25,26)17-11-9-15(10-12-17)21-19(23)14-28-20(24)18-8-5-13-27-18/h5,8-13,16H,2-4,6-7,14H2,1H3,(H,21,23). The summed E-state index contributed by atoms with van der Waals surface area (Å²) >= 11 is 0. The lowest BCUT2D eigenvalue weighted by Gasteiger charge is -2.30. The smallest absolute Gasteiger partial charge is 0.374 e. The van der Waals surface area contributed by atoms with Crippen molar-refractivity contribution in [1.29, 1.82) is 0 Å². The van der Waals surface area contributed by atoms with Crippen LogP contribution in [0.15, 0.2) is 52.0 Å². The summed E-state index contributed by atoms with van der Waals surface area (Å²) in [4.78, 5) is 23.8. The van der Waals surface area contributed by atoms with Gasteiger partial charge in [-0.05, 0) is 49.2 Å². The van der Waals surface area contributed by atoms with Crippen LogP contribution in [-0.4, -0.2) is 44.3 Å². The van der Waals surface area contributed by atoms with Gasteiger partial charge in [-0.25, -0.2) is 13.2 Å². The molecule has 8 nitrogen and oxygen atoms in total. The van der Waals surface area contributed by atoms with Gasteiger partial charge in [0.1, 0.15) is 0 Å². The molecule has 2 aromatic rings. The van der Waals surface area contributed by atoms with E-state index in [4.69, 9.17) is 9.15 Å². The maximum atomic E-state index is 12.8. The second-order valence-electron chi connectivity index (χ2n) is 6.94. The molecule has 0 aliphatic heterocycles. The van der Waals surface area contributed by atoms with E-state index in [1.165, 1.54) is 47.0 Å². The Morgan fingerprint density at radius 3 is 2.45 bits per heavy atom. The Hall–Kier alpha value is -2.65. The van der Waals surface area contributed by atoms with Gasteiger partial charge in [-0.1, -0.05) is 19.3 Å². The highest BCUT2D eigenvalue weighted by Gasteiger charge is 2.28. The van der Waals surface area contributed by atoms with Gasteiger partial charge >= 0.3 is 5.97 Å². The molecule has 0 bridgehead atoms. The molecule has 1 amide bonds. The predicted molar refractivity (Wildman–Crippen MR) is 106 cm³/mol. The molecular formula is C20H24N2O6S. The summed E-state index contributed by atoms with van der Waals surface area (Å²) in [5, 5.41) is 2.56. The lowest BCUT2D eigenvalue weighted by atomic mass is 9.96. The molecule has 1 saturated carbocycles. The summed E-state index contributed by atoms with van der Waals surface area (Å²) in [7, 11) is -1.97. The zero-order valence-corrected chi connectivity index (χ0v) is 17.0. The Morgan fingerprint density at radius 1 is 1.14 bits per heavy atom. The molecular weight excluding hydrogens is 396 g/mol. The molecule has 156 valence electrons. The summed E-state index contributed by atoms with van der Waals surface area (Å²) < 4.78 is 36.8. The molecule has 29 heavy (non-hydrogen) atoms. The third-order valence-corrected chi connectivity index (χ3v) is 6.88. The number of benzene rings is 1. The van der Waals surface area contributed by atoms with E-state index in [0.717, 1.165) is 32.1 Å². The van der Waals surface area contributed by atoms with Gasteiger partial charge in [0.15, 0.2) is 6.61 Å².